The average Bonchev–Trinajstić information content (AvgIpc) is 2.98. The second-order valence-electron chi connectivity index (χ2n) is 6.81. The molecular formula is C21H25N3O. The Morgan fingerprint density at radius 1 is 1.16 bits per heavy atom. The second-order valence-corrected chi connectivity index (χ2v) is 6.81. The van der Waals surface area contributed by atoms with Crippen LogP contribution in [0.15, 0.2) is 30.5 Å². The van der Waals surface area contributed by atoms with Crippen LogP contribution >= 0.6 is 0 Å². The summed E-state index contributed by atoms with van der Waals surface area (Å²) in [4.78, 5) is 19.7. The van der Waals surface area contributed by atoms with E-state index < -0.39 is 0 Å². The average molecular weight is 335 g/mol. The predicted octanol–water partition coefficient (Wildman–Crippen LogP) is 4.05. The molecule has 0 saturated heterocycles. The third-order valence-electron chi connectivity index (χ3n) is 5.55. The van der Waals surface area contributed by atoms with Crippen LogP contribution in [0.25, 0.3) is 21.8 Å². The van der Waals surface area contributed by atoms with Crippen LogP contribution < -0.4 is 0 Å². The molecule has 0 saturated carbocycles. The Morgan fingerprint density at radius 2 is 2.00 bits per heavy atom. The van der Waals surface area contributed by atoms with Gasteiger partial charge in [-0.2, -0.15) is 0 Å². The molecule has 0 N–H and O–H groups in total. The molecule has 0 amide bonds. The molecule has 4 heteroatoms. The lowest BCUT2D eigenvalue weighted by Gasteiger charge is -2.21. The molecule has 0 unspecified atom stereocenters. The van der Waals surface area contributed by atoms with Gasteiger partial charge in [-0.25, -0.2) is 0 Å². The molecule has 0 spiro atoms. The maximum Gasteiger partial charge on any atom is 0.165 e. The Labute approximate surface area is 148 Å². The van der Waals surface area contributed by atoms with Crippen molar-refractivity contribution in [2.24, 2.45) is 0 Å². The van der Waals surface area contributed by atoms with E-state index in [-0.39, 0.29) is 0 Å². The van der Waals surface area contributed by atoms with Crippen molar-refractivity contribution >= 4 is 27.6 Å². The minimum Gasteiger partial charge on any atom is -0.343 e. The zero-order valence-corrected chi connectivity index (χ0v) is 15.1. The summed E-state index contributed by atoms with van der Waals surface area (Å²) in [6.45, 7) is 8.48. The van der Waals surface area contributed by atoms with Gasteiger partial charge < -0.3 is 9.47 Å². The van der Waals surface area contributed by atoms with Crippen molar-refractivity contribution in [3.8, 4) is 0 Å². The summed E-state index contributed by atoms with van der Waals surface area (Å²) in [6.07, 6.45) is 4.44. The molecule has 1 aromatic carbocycles. The number of rotatable bonds is 5. The molecule has 1 aliphatic rings. The zero-order valence-electron chi connectivity index (χ0n) is 15.1. The van der Waals surface area contributed by atoms with Gasteiger partial charge in [-0.1, -0.05) is 19.9 Å². The van der Waals surface area contributed by atoms with E-state index in [1.165, 1.54) is 11.2 Å². The van der Waals surface area contributed by atoms with Crippen molar-refractivity contribution in [2.45, 2.75) is 39.7 Å². The highest BCUT2D eigenvalue weighted by atomic mass is 16.1. The minimum absolute atomic E-state index is 0.296. The third-order valence-corrected chi connectivity index (χ3v) is 5.55. The second kappa shape index (κ2) is 6.60. The Hall–Kier alpha value is -2.20. The molecule has 4 rings (SSSR count). The Morgan fingerprint density at radius 3 is 2.80 bits per heavy atom. The fraction of sp³-hybridized carbons (Fsp3) is 0.429. The lowest BCUT2D eigenvalue weighted by molar-refractivity contribution is 0.0973. The number of Topliss-reactive ketones (excluding diaryl/α,β-unsaturated/α-hetero) is 1. The topological polar surface area (TPSA) is 38.1 Å². The maximum absolute atomic E-state index is 12.8. The molecule has 1 aliphatic carbocycles. The molecule has 3 aromatic rings. The van der Waals surface area contributed by atoms with Gasteiger partial charge >= 0.3 is 0 Å². The smallest absolute Gasteiger partial charge is 0.165 e. The number of aromatic nitrogens is 2. The molecule has 2 heterocycles. The number of carbonyl (C=O) groups is 1. The monoisotopic (exact) mass is 335 g/mol. The zero-order chi connectivity index (χ0) is 17.4. The van der Waals surface area contributed by atoms with Crippen LogP contribution in [-0.2, 0) is 13.0 Å². The number of pyridine rings is 1. The highest BCUT2D eigenvalue weighted by Gasteiger charge is 2.27. The van der Waals surface area contributed by atoms with Crippen LogP contribution in [0.5, 0.6) is 0 Å². The van der Waals surface area contributed by atoms with Gasteiger partial charge in [0.2, 0.25) is 0 Å². The molecule has 2 aromatic heterocycles. The number of benzene rings is 1. The van der Waals surface area contributed by atoms with Crippen LogP contribution in [0.1, 0.15) is 42.7 Å². The Bertz CT molecular complexity index is 937. The quantitative estimate of drug-likeness (QED) is 0.706. The van der Waals surface area contributed by atoms with Crippen molar-refractivity contribution in [3.63, 3.8) is 0 Å². The first-order chi connectivity index (χ1) is 12.2. The van der Waals surface area contributed by atoms with Gasteiger partial charge in [-0.05, 0) is 44.1 Å². The first-order valence-electron chi connectivity index (χ1n) is 9.39. The normalized spacial score (nSPS) is 14.6. The van der Waals surface area contributed by atoms with E-state index in [4.69, 9.17) is 0 Å². The Kier molecular flexibility index (Phi) is 4.30. The SMILES string of the molecule is CCN(CC)CCn1c2c(c3c4cccnc4ccc31)C(=O)CCC2. The minimum atomic E-state index is 0.296. The first kappa shape index (κ1) is 16.3. The molecule has 0 aliphatic heterocycles. The number of fused-ring (bicyclic) bond motifs is 5. The summed E-state index contributed by atoms with van der Waals surface area (Å²) >= 11 is 0. The summed E-state index contributed by atoms with van der Waals surface area (Å²) < 4.78 is 2.40. The lowest BCUT2D eigenvalue weighted by Crippen LogP contribution is -2.27. The summed E-state index contributed by atoms with van der Waals surface area (Å²) in [5.74, 6) is 0.296. The fourth-order valence-corrected chi connectivity index (χ4v) is 4.19. The van der Waals surface area contributed by atoms with E-state index >= 15 is 0 Å². The first-order valence-corrected chi connectivity index (χ1v) is 9.39. The highest BCUT2D eigenvalue weighted by molar-refractivity contribution is 6.18. The number of ketones is 1. The van der Waals surface area contributed by atoms with E-state index in [1.54, 1.807) is 0 Å². The molecular weight excluding hydrogens is 310 g/mol. The van der Waals surface area contributed by atoms with E-state index in [0.717, 1.165) is 60.9 Å². The van der Waals surface area contributed by atoms with E-state index in [9.17, 15) is 4.79 Å². The fourth-order valence-electron chi connectivity index (χ4n) is 4.19. The van der Waals surface area contributed by atoms with E-state index in [1.807, 2.05) is 12.3 Å². The molecule has 130 valence electrons. The number of nitrogens with zero attached hydrogens (tertiary/aromatic N) is 3. The molecule has 0 fully saturated rings. The van der Waals surface area contributed by atoms with Crippen molar-refractivity contribution < 1.29 is 4.79 Å². The number of hydrogen-bond acceptors (Lipinski definition) is 3. The molecule has 25 heavy (non-hydrogen) atoms. The standard InChI is InChI=1S/C21H25N3O/c1-3-23(4-2)13-14-24-17-8-5-9-19(25)21(17)20-15-7-6-12-22-16(15)10-11-18(20)24/h6-7,10-12H,3-5,8-9,13-14H2,1-2H3. The summed E-state index contributed by atoms with van der Waals surface area (Å²) in [7, 11) is 0. The maximum atomic E-state index is 12.8. The van der Waals surface area contributed by atoms with E-state index in [0.29, 0.717) is 12.2 Å². The number of carbonyl (C=O) groups excluding carboxylic acids is 1. The largest absolute Gasteiger partial charge is 0.343 e. The van der Waals surface area contributed by atoms with Crippen molar-refractivity contribution in [1.29, 1.82) is 0 Å². The van der Waals surface area contributed by atoms with Gasteiger partial charge in [-0.3, -0.25) is 9.78 Å². The summed E-state index contributed by atoms with van der Waals surface area (Å²) in [5.41, 5.74) is 4.35. The third kappa shape index (κ3) is 2.65. The van der Waals surface area contributed by atoms with E-state index in [2.05, 4.69) is 46.5 Å². The van der Waals surface area contributed by atoms with Gasteiger partial charge in [0.05, 0.1) is 5.52 Å². The number of hydrogen-bond donors (Lipinski definition) is 0. The van der Waals surface area contributed by atoms with Gasteiger partial charge in [0.25, 0.3) is 0 Å². The highest BCUT2D eigenvalue weighted by Crippen LogP contribution is 2.36. The van der Waals surface area contributed by atoms with Gasteiger partial charge in [-0.15, -0.1) is 0 Å². The summed E-state index contributed by atoms with van der Waals surface area (Å²) in [6, 6.07) is 8.30. The molecule has 0 radical (unpaired) electrons. The van der Waals surface area contributed by atoms with Crippen LogP contribution in [0, 0.1) is 0 Å². The van der Waals surface area contributed by atoms with Crippen LogP contribution in [0.4, 0.5) is 0 Å². The van der Waals surface area contributed by atoms with Crippen molar-refractivity contribution in [1.82, 2.24) is 14.5 Å². The molecule has 4 nitrogen and oxygen atoms in total. The van der Waals surface area contributed by atoms with Crippen LogP contribution in [-0.4, -0.2) is 39.9 Å². The van der Waals surface area contributed by atoms with Gasteiger partial charge in [0.15, 0.2) is 5.78 Å². The van der Waals surface area contributed by atoms with Crippen molar-refractivity contribution in [3.05, 3.63) is 41.7 Å². The van der Waals surface area contributed by atoms with Gasteiger partial charge in [0.1, 0.15) is 0 Å². The van der Waals surface area contributed by atoms with Crippen LogP contribution in [0.3, 0.4) is 0 Å². The van der Waals surface area contributed by atoms with Crippen molar-refractivity contribution in [2.75, 3.05) is 19.6 Å². The predicted molar refractivity (Wildman–Crippen MR) is 102 cm³/mol. The Balaban J connectivity index is 1.93. The molecule has 0 atom stereocenters. The summed E-state index contributed by atoms with van der Waals surface area (Å²) in [5, 5.41) is 2.22. The number of likely N-dealkylation sites (N-methyl/N-ethyl adjacent to an activating group) is 1. The van der Waals surface area contributed by atoms with Crippen LogP contribution in [0.2, 0.25) is 0 Å². The van der Waals surface area contributed by atoms with Gasteiger partial charge in [0, 0.05) is 53.3 Å². The molecule has 0 bridgehead atoms. The lowest BCUT2D eigenvalue weighted by atomic mass is 9.93.